The molecule has 2 aliphatic rings. The van der Waals surface area contributed by atoms with Gasteiger partial charge in [-0.2, -0.15) is 0 Å². The Morgan fingerprint density at radius 3 is 3.00 bits per heavy atom. The monoisotopic (exact) mass is 371 g/mol. The first kappa shape index (κ1) is 16.9. The van der Waals surface area contributed by atoms with Gasteiger partial charge in [0.1, 0.15) is 5.75 Å². The van der Waals surface area contributed by atoms with Crippen LogP contribution in [0.5, 0.6) is 5.75 Å². The van der Waals surface area contributed by atoms with Gasteiger partial charge >= 0.3 is 6.03 Å². The second kappa shape index (κ2) is 6.99. The number of methoxy groups -OCH3 is 1. The van der Waals surface area contributed by atoms with Gasteiger partial charge in [0.05, 0.1) is 18.8 Å². The lowest BCUT2D eigenvalue weighted by Crippen LogP contribution is -2.47. The minimum atomic E-state index is -0.191. The molecule has 0 radical (unpaired) electrons. The number of carbonyl (C=O) groups is 2. The van der Waals surface area contributed by atoms with Crippen molar-refractivity contribution in [2.24, 2.45) is 0 Å². The highest BCUT2D eigenvalue weighted by Gasteiger charge is 2.34. The zero-order valence-corrected chi connectivity index (χ0v) is 15.4. The van der Waals surface area contributed by atoms with E-state index in [1.165, 1.54) is 10.4 Å². The third-order valence-electron chi connectivity index (χ3n) is 4.92. The third kappa shape index (κ3) is 3.14. The molecule has 3 heterocycles. The molecule has 0 spiro atoms. The van der Waals surface area contributed by atoms with E-state index in [4.69, 9.17) is 4.74 Å². The van der Waals surface area contributed by atoms with Crippen molar-refractivity contribution in [2.75, 3.05) is 25.1 Å². The van der Waals surface area contributed by atoms with Crippen LogP contribution in [0.25, 0.3) is 0 Å². The molecule has 0 saturated carbocycles. The first-order valence-corrected chi connectivity index (χ1v) is 9.57. The fourth-order valence-electron chi connectivity index (χ4n) is 3.58. The molecule has 26 heavy (non-hydrogen) atoms. The highest BCUT2D eigenvalue weighted by atomic mass is 32.1. The van der Waals surface area contributed by atoms with Crippen molar-refractivity contribution in [1.82, 2.24) is 10.2 Å². The van der Waals surface area contributed by atoms with Crippen LogP contribution in [0.3, 0.4) is 0 Å². The van der Waals surface area contributed by atoms with Crippen LogP contribution in [0.2, 0.25) is 0 Å². The second-order valence-electron chi connectivity index (χ2n) is 6.57. The molecule has 3 amide bonds. The van der Waals surface area contributed by atoms with Gasteiger partial charge < -0.3 is 19.9 Å². The third-order valence-corrected chi connectivity index (χ3v) is 5.95. The molecule has 1 saturated heterocycles. The predicted molar refractivity (Wildman–Crippen MR) is 101 cm³/mol. The zero-order chi connectivity index (χ0) is 18.1. The number of para-hydroxylation sites is 2. The summed E-state index contributed by atoms with van der Waals surface area (Å²) in [5.41, 5.74) is 1.98. The second-order valence-corrected chi connectivity index (χ2v) is 7.57. The molecule has 2 aliphatic heterocycles. The molecule has 1 N–H and O–H groups in total. The lowest BCUT2D eigenvalue weighted by Gasteiger charge is -2.28. The largest absolute Gasteiger partial charge is 0.495 e. The Morgan fingerprint density at radius 2 is 2.15 bits per heavy atom. The van der Waals surface area contributed by atoms with E-state index in [9.17, 15) is 9.59 Å². The van der Waals surface area contributed by atoms with E-state index in [2.05, 4.69) is 16.8 Å². The predicted octanol–water partition coefficient (Wildman–Crippen LogP) is 2.63. The molecule has 2 aromatic rings. The molecule has 0 unspecified atom stereocenters. The number of thiophene rings is 1. The molecule has 0 bridgehead atoms. The van der Waals surface area contributed by atoms with Crippen LogP contribution in [0.1, 0.15) is 16.9 Å². The van der Waals surface area contributed by atoms with Crippen molar-refractivity contribution >= 4 is 29.0 Å². The standard InChI is InChI=1S/C19H21N3O3S/c1-25-16-5-3-2-4-15(16)22-12-14(10-18(22)23)20-19(24)21-8-6-17-13(11-21)7-9-26-17/h2-5,7,9,14H,6,8,10-12H2,1H3,(H,20,24)/t14-/m1/s1. The van der Waals surface area contributed by atoms with Gasteiger partial charge in [-0.25, -0.2) is 4.79 Å². The summed E-state index contributed by atoms with van der Waals surface area (Å²) < 4.78 is 5.35. The number of amides is 3. The van der Waals surface area contributed by atoms with Crippen molar-refractivity contribution in [3.05, 3.63) is 46.2 Å². The van der Waals surface area contributed by atoms with Crippen LogP contribution >= 0.6 is 11.3 Å². The summed E-state index contributed by atoms with van der Waals surface area (Å²) in [6.45, 7) is 1.82. The number of rotatable bonds is 3. The van der Waals surface area contributed by atoms with E-state index in [0.29, 0.717) is 25.3 Å². The SMILES string of the molecule is COc1ccccc1N1C[C@H](NC(=O)N2CCc3sccc3C2)CC1=O. The van der Waals surface area contributed by atoms with E-state index in [1.54, 1.807) is 23.3 Å². The average Bonchev–Trinajstić information content (AvgIpc) is 3.27. The number of hydrogen-bond acceptors (Lipinski definition) is 4. The van der Waals surface area contributed by atoms with E-state index in [1.807, 2.05) is 29.2 Å². The molecule has 1 aromatic carbocycles. The summed E-state index contributed by atoms with van der Waals surface area (Å²) in [6, 6.07) is 9.25. The van der Waals surface area contributed by atoms with Gasteiger partial charge in [0.2, 0.25) is 5.91 Å². The van der Waals surface area contributed by atoms with Crippen molar-refractivity contribution in [3.63, 3.8) is 0 Å². The normalized spacial score (nSPS) is 19.4. The smallest absolute Gasteiger partial charge is 0.318 e. The summed E-state index contributed by atoms with van der Waals surface area (Å²) >= 11 is 1.75. The maximum Gasteiger partial charge on any atom is 0.318 e. The maximum atomic E-state index is 12.6. The molecular formula is C19H21N3O3S. The van der Waals surface area contributed by atoms with Crippen LogP contribution in [0, 0.1) is 0 Å². The minimum absolute atomic E-state index is 0.00133. The highest BCUT2D eigenvalue weighted by molar-refractivity contribution is 7.10. The lowest BCUT2D eigenvalue weighted by molar-refractivity contribution is -0.117. The molecular weight excluding hydrogens is 350 g/mol. The Labute approximate surface area is 156 Å². The van der Waals surface area contributed by atoms with E-state index in [0.717, 1.165) is 18.7 Å². The average molecular weight is 371 g/mol. The number of ether oxygens (including phenoxy) is 1. The van der Waals surface area contributed by atoms with Crippen molar-refractivity contribution in [1.29, 1.82) is 0 Å². The Morgan fingerprint density at radius 1 is 1.31 bits per heavy atom. The van der Waals surface area contributed by atoms with E-state index >= 15 is 0 Å². The number of urea groups is 1. The molecule has 7 heteroatoms. The van der Waals surface area contributed by atoms with E-state index < -0.39 is 0 Å². The van der Waals surface area contributed by atoms with Crippen molar-refractivity contribution in [3.8, 4) is 5.75 Å². The number of nitrogens with zero attached hydrogens (tertiary/aromatic N) is 2. The number of fused-ring (bicyclic) bond motifs is 1. The Hall–Kier alpha value is -2.54. The number of anilines is 1. The molecule has 6 nitrogen and oxygen atoms in total. The molecule has 1 aromatic heterocycles. The summed E-state index contributed by atoms with van der Waals surface area (Å²) in [5.74, 6) is 0.660. The van der Waals surface area contributed by atoms with Gasteiger partial charge in [-0.3, -0.25) is 4.79 Å². The Kier molecular flexibility index (Phi) is 4.55. The first-order chi connectivity index (χ1) is 12.7. The van der Waals surface area contributed by atoms with Crippen LogP contribution in [-0.2, 0) is 17.8 Å². The molecule has 136 valence electrons. The Balaban J connectivity index is 1.41. The fraction of sp³-hybridized carbons (Fsp3) is 0.368. The summed E-state index contributed by atoms with van der Waals surface area (Å²) in [6.07, 6.45) is 1.21. The van der Waals surface area contributed by atoms with Gasteiger partial charge in [-0.05, 0) is 35.6 Å². The highest BCUT2D eigenvalue weighted by Crippen LogP contribution is 2.31. The summed E-state index contributed by atoms with van der Waals surface area (Å²) in [4.78, 5) is 30.0. The maximum absolute atomic E-state index is 12.6. The van der Waals surface area contributed by atoms with Crippen LogP contribution < -0.4 is 15.0 Å². The molecule has 1 fully saturated rings. The van der Waals surface area contributed by atoms with Gasteiger partial charge in [0, 0.05) is 30.9 Å². The van der Waals surface area contributed by atoms with Gasteiger partial charge in [-0.15, -0.1) is 11.3 Å². The minimum Gasteiger partial charge on any atom is -0.495 e. The summed E-state index contributed by atoms with van der Waals surface area (Å²) in [5, 5.41) is 5.10. The van der Waals surface area contributed by atoms with Crippen LogP contribution in [0.4, 0.5) is 10.5 Å². The van der Waals surface area contributed by atoms with E-state index in [-0.39, 0.29) is 18.0 Å². The molecule has 1 atom stereocenters. The van der Waals surface area contributed by atoms with Crippen molar-refractivity contribution < 1.29 is 14.3 Å². The fourth-order valence-corrected chi connectivity index (χ4v) is 4.47. The lowest BCUT2D eigenvalue weighted by atomic mass is 10.1. The van der Waals surface area contributed by atoms with Crippen LogP contribution in [0.15, 0.2) is 35.7 Å². The van der Waals surface area contributed by atoms with Gasteiger partial charge in [-0.1, -0.05) is 12.1 Å². The van der Waals surface area contributed by atoms with Crippen LogP contribution in [-0.4, -0.2) is 43.1 Å². The quantitative estimate of drug-likeness (QED) is 0.902. The number of nitrogens with one attached hydrogen (secondary N) is 1. The van der Waals surface area contributed by atoms with Gasteiger partial charge in [0.25, 0.3) is 0 Å². The molecule has 4 rings (SSSR count). The number of carbonyl (C=O) groups excluding carboxylic acids is 2. The number of hydrogen-bond donors (Lipinski definition) is 1. The topological polar surface area (TPSA) is 61.9 Å². The zero-order valence-electron chi connectivity index (χ0n) is 14.6. The Bertz CT molecular complexity index is 835. The van der Waals surface area contributed by atoms with Gasteiger partial charge in [0.15, 0.2) is 0 Å². The number of benzene rings is 1. The first-order valence-electron chi connectivity index (χ1n) is 8.70. The molecule has 0 aliphatic carbocycles. The van der Waals surface area contributed by atoms with Crippen molar-refractivity contribution in [2.45, 2.75) is 25.4 Å². The summed E-state index contributed by atoms with van der Waals surface area (Å²) in [7, 11) is 1.59.